The summed E-state index contributed by atoms with van der Waals surface area (Å²) in [5.41, 5.74) is 12.2. The second kappa shape index (κ2) is 59.5. The molecule has 0 aromatic heterocycles. The molecule has 0 N–H and O–H groups in total. The van der Waals surface area contributed by atoms with Crippen LogP contribution in [0.2, 0.25) is 30.1 Å². The normalized spacial score (nSPS) is 28.1. The van der Waals surface area contributed by atoms with E-state index in [1.807, 2.05) is 49.4 Å². The molecular formula is C129H184Cl6F6. The van der Waals surface area contributed by atoms with Gasteiger partial charge in [0, 0.05) is 5.56 Å². The Labute approximate surface area is 884 Å². The highest BCUT2D eigenvalue weighted by Crippen LogP contribution is 2.53. The zero-order chi connectivity index (χ0) is 100. The first-order valence-corrected chi connectivity index (χ1v) is 59.7. The zero-order valence-corrected chi connectivity index (χ0v) is 93.0. The van der Waals surface area contributed by atoms with Crippen molar-refractivity contribution < 1.29 is 26.3 Å². The quantitative estimate of drug-likeness (QED) is 0.0395. The van der Waals surface area contributed by atoms with Gasteiger partial charge < -0.3 is 0 Å². The smallest absolute Gasteiger partial charge is 0.145 e. The molecular weight excluding hydrogens is 1880 g/mol. The molecule has 17 rings (SSSR count). The lowest BCUT2D eigenvalue weighted by Crippen LogP contribution is -2.25. The molecule has 0 bridgehead atoms. The first-order chi connectivity index (χ1) is 67.6. The topological polar surface area (TPSA) is 0 Å². The van der Waals surface area contributed by atoms with Crippen LogP contribution in [0.4, 0.5) is 26.3 Å². The van der Waals surface area contributed by atoms with Crippen LogP contribution in [0.3, 0.4) is 0 Å². The summed E-state index contributed by atoms with van der Waals surface area (Å²) < 4.78 is 84.5. The van der Waals surface area contributed by atoms with Crippen LogP contribution in [-0.2, 0) is 0 Å². The number of halogens is 12. The molecule has 0 unspecified atom stereocenters. The van der Waals surface area contributed by atoms with Crippen molar-refractivity contribution in [2.75, 3.05) is 0 Å². The van der Waals surface area contributed by atoms with Crippen molar-refractivity contribution in [2.45, 2.75) is 473 Å². The average molecular weight is 2060 g/mol. The SMILES string of the molecule is C.CCC1CCC(C2CCC(c3ccc(C)c(F)c3Cl)CC2)CC1.CCCC1CCC(C2CCC(c3ccc(C)c(F)c3Cl)CC2)CC1.CCCC1CCC(c2ccc(-c3ccc(C)c(F)c3Cl)cc2)CC1.CCCC1CCC(c2ccc(C)c(Cl)c2F)CC1.CCCCC1CCC(C2CCC(c3ccc(C)c(F)c3Cl)CC2)CC1.CCCCCC1CCC(C2CCC(c3ccc(C)c(F)c3Cl)CC2)CC1. The van der Waals surface area contributed by atoms with Crippen molar-refractivity contribution in [1.82, 2.24) is 0 Å². The molecule has 0 spiro atoms. The Morgan fingerprint density at radius 3 is 0.738 bits per heavy atom. The molecule has 0 atom stereocenters. The Balaban J connectivity index is 0.000000162. The van der Waals surface area contributed by atoms with Crippen LogP contribution < -0.4 is 0 Å². The van der Waals surface area contributed by atoms with Gasteiger partial charge in [-0.05, 0) is 438 Å². The van der Waals surface area contributed by atoms with E-state index < -0.39 is 0 Å². The number of aryl methyl sites for hydroxylation is 6. The number of rotatable bonds is 25. The zero-order valence-electron chi connectivity index (χ0n) is 88.5. The third-order valence-electron chi connectivity index (χ3n) is 37.6. The van der Waals surface area contributed by atoms with E-state index in [2.05, 4.69) is 90.1 Å². The van der Waals surface area contributed by atoms with Crippen LogP contribution in [-0.4, -0.2) is 0 Å². The molecule has 0 radical (unpaired) electrons. The van der Waals surface area contributed by atoms with Gasteiger partial charge in [-0.3, -0.25) is 0 Å². The summed E-state index contributed by atoms with van der Waals surface area (Å²) in [4.78, 5) is 0. The minimum absolute atomic E-state index is 0. The van der Waals surface area contributed by atoms with Gasteiger partial charge in [0.25, 0.3) is 0 Å². The highest BCUT2D eigenvalue weighted by molar-refractivity contribution is 6.34. The van der Waals surface area contributed by atoms with Gasteiger partial charge >= 0.3 is 0 Å². The lowest BCUT2D eigenvalue weighted by atomic mass is 9.68. The Hall–Kier alpha value is -4.14. The van der Waals surface area contributed by atoms with E-state index >= 15 is 0 Å². The van der Waals surface area contributed by atoms with Crippen molar-refractivity contribution in [3.8, 4) is 11.1 Å². The molecule has 0 amide bonds. The minimum atomic E-state index is -0.313. The first kappa shape index (κ1) is 117. The molecule has 0 aliphatic heterocycles. The maximum atomic E-state index is 14.2. The largest absolute Gasteiger partial charge is 0.205 e. The van der Waals surface area contributed by atoms with Gasteiger partial charge in [-0.15, -0.1) is 0 Å². The van der Waals surface area contributed by atoms with Crippen LogP contribution in [0, 0.1) is 159 Å². The van der Waals surface area contributed by atoms with Crippen LogP contribution in [0.1, 0.15) is 498 Å². The molecule has 0 heterocycles. The van der Waals surface area contributed by atoms with E-state index in [1.54, 1.807) is 40.7 Å². The summed E-state index contributed by atoms with van der Waals surface area (Å²) in [5.74, 6) is 14.7. The van der Waals surface area contributed by atoms with E-state index in [9.17, 15) is 26.3 Å². The Kier molecular flexibility index (Phi) is 49.4. The summed E-state index contributed by atoms with van der Waals surface area (Å²) >= 11 is 37.4. The third kappa shape index (κ3) is 32.9. The third-order valence-corrected chi connectivity index (χ3v) is 39.9. The highest BCUT2D eigenvalue weighted by atomic mass is 35.5. The number of benzene rings is 7. The van der Waals surface area contributed by atoms with Gasteiger partial charge in [-0.25, -0.2) is 26.3 Å². The molecule has 10 aliphatic carbocycles. The van der Waals surface area contributed by atoms with Crippen molar-refractivity contribution in [3.63, 3.8) is 0 Å². The second-order valence-corrected chi connectivity index (χ2v) is 48.9. The van der Waals surface area contributed by atoms with Gasteiger partial charge in [0.2, 0.25) is 0 Å². The van der Waals surface area contributed by atoms with E-state index in [0.29, 0.717) is 88.4 Å². The summed E-state index contributed by atoms with van der Waals surface area (Å²) in [5, 5.41) is 2.03. The number of hydrogen-bond acceptors (Lipinski definition) is 0. The summed E-state index contributed by atoms with van der Waals surface area (Å²) in [6.45, 7) is 24.5. The van der Waals surface area contributed by atoms with Crippen LogP contribution >= 0.6 is 69.6 Å². The Morgan fingerprint density at radius 1 is 0.206 bits per heavy atom. The van der Waals surface area contributed by atoms with E-state index in [0.717, 1.165) is 140 Å². The van der Waals surface area contributed by atoms with Gasteiger partial charge in [0.05, 0.1) is 30.1 Å². The van der Waals surface area contributed by atoms with E-state index in [4.69, 9.17) is 69.6 Å². The molecule has 12 heteroatoms. The fraction of sp³-hybridized carbons (Fsp3) is 0.674. The molecule has 10 fully saturated rings. The van der Waals surface area contributed by atoms with Gasteiger partial charge in [-0.1, -0.05) is 357 Å². The predicted molar refractivity (Wildman–Crippen MR) is 598 cm³/mol. The fourth-order valence-electron chi connectivity index (χ4n) is 28.2. The van der Waals surface area contributed by atoms with E-state index in [1.165, 1.54) is 339 Å². The van der Waals surface area contributed by atoms with Crippen molar-refractivity contribution in [1.29, 1.82) is 0 Å². The maximum absolute atomic E-state index is 14.2. The van der Waals surface area contributed by atoms with Crippen LogP contribution in [0.15, 0.2) is 97.1 Å². The van der Waals surface area contributed by atoms with Crippen LogP contribution in [0.25, 0.3) is 11.1 Å². The molecule has 10 aliphatic rings. The highest BCUT2D eigenvalue weighted by Gasteiger charge is 2.39. The number of hydrogen-bond donors (Lipinski definition) is 0. The predicted octanol–water partition coefficient (Wildman–Crippen LogP) is 45.5. The minimum Gasteiger partial charge on any atom is -0.205 e. The molecule has 784 valence electrons. The van der Waals surface area contributed by atoms with Crippen molar-refractivity contribution in [2.24, 2.45) is 82.9 Å². The number of unbranched alkanes of at least 4 members (excludes halogenated alkanes) is 3. The summed E-state index contributed by atoms with van der Waals surface area (Å²) in [7, 11) is 0. The average Bonchev–Trinajstić information content (AvgIpc) is 0.816. The first-order valence-electron chi connectivity index (χ1n) is 57.4. The Bertz CT molecular complexity index is 4820. The van der Waals surface area contributed by atoms with Crippen LogP contribution in [0.5, 0.6) is 0 Å². The molecule has 141 heavy (non-hydrogen) atoms. The molecule has 7 aromatic rings. The molecule has 7 aromatic carbocycles. The molecule has 0 saturated heterocycles. The van der Waals surface area contributed by atoms with E-state index in [-0.39, 0.29) is 47.4 Å². The summed E-state index contributed by atoms with van der Waals surface area (Å²) in [6.07, 6.45) is 72.3. The second-order valence-electron chi connectivity index (χ2n) is 46.6. The summed E-state index contributed by atoms with van der Waals surface area (Å²) in [6, 6.07) is 31.9. The van der Waals surface area contributed by atoms with Crippen molar-refractivity contribution >= 4 is 69.6 Å². The van der Waals surface area contributed by atoms with Crippen molar-refractivity contribution in [3.05, 3.63) is 229 Å². The lowest BCUT2D eigenvalue weighted by molar-refractivity contribution is 0.155. The lowest BCUT2D eigenvalue weighted by Gasteiger charge is -2.38. The maximum Gasteiger partial charge on any atom is 0.145 e. The van der Waals surface area contributed by atoms with Gasteiger partial charge in [0.15, 0.2) is 0 Å². The monoisotopic (exact) mass is 2060 g/mol. The standard InChI is InChI=1S/C24H36ClF.C23H34ClF.C22H32ClF.C22H26ClF.C21H30ClF.C16H22ClF.CH4/c1-3-4-5-6-18-8-10-19(11-9-18)20-12-14-21(15-13-20)22-16-7-17(2)24(26)23(22)25;1-3-4-5-17-7-9-18(10-8-17)19-11-13-20(14-12-19)21-15-6-16(2)23(25)22(21)24;2*1-3-4-16-6-8-17(9-7-16)18-10-12-19(13-11-18)20-14-5-15(2)22(24)21(20)23;1-3-15-5-7-16(8-6-15)17-9-11-18(12-10-17)19-13-4-14(2)21(23)20(19)22;1-3-4-12-6-8-13(9-7-12)14-10-5-11(2)15(17)16(14)18;/h7,16,18-21H,3-6,8-15H2,1-2H3;6,15,17-20H,3-5,7-14H2,1-2H3;5,14,16-19H,3-4,6-13H2,1-2H3;5,10-14,16-17H,3-4,6-9H2,1-2H3;4,13,15-18H,3,5-12H2,1-2H3;5,10,12-13H,3-4,6-9H2,1-2H3;1H4. The van der Waals surface area contributed by atoms with Gasteiger partial charge in [0.1, 0.15) is 34.9 Å². The fourth-order valence-corrected chi connectivity index (χ4v) is 30.1. The molecule has 0 nitrogen and oxygen atoms in total. The molecule has 10 saturated carbocycles. The Morgan fingerprint density at radius 2 is 0.440 bits per heavy atom. The van der Waals surface area contributed by atoms with Gasteiger partial charge in [-0.2, -0.15) is 0 Å².